The van der Waals surface area contributed by atoms with Crippen molar-refractivity contribution in [2.75, 3.05) is 6.54 Å². The molecule has 1 rings (SSSR count). The van der Waals surface area contributed by atoms with Crippen molar-refractivity contribution in [3.05, 3.63) is 12.2 Å². The summed E-state index contributed by atoms with van der Waals surface area (Å²) in [6, 6.07) is -0.111. The molecule has 0 spiro atoms. The Morgan fingerprint density at radius 1 is 1.32 bits per heavy atom. The average molecular weight is 268 g/mol. The van der Waals surface area contributed by atoms with Gasteiger partial charge in [-0.2, -0.15) is 0 Å². The summed E-state index contributed by atoms with van der Waals surface area (Å²) in [5.74, 6) is -0.849. The maximum absolute atomic E-state index is 11.8. The molecule has 1 aliphatic rings. The molecule has 0 heterocycles. The largest absolute Gasteiger partial charge is 0.481 e. The van der Waals surface area contributed by atoms with Crippen LogP contribution < -0.4 is 10.6 Å². The van der Waals surface area contributed by atoms with Crippen LogP contribution in [0.15, 0.2) is 12.2 Å². The second-order valence-corrected chi connectivity index (χ2v) is 5.10. The van der Waals surface area contributed by atoms with E-state index in [2.05, 4.69) is 22.8 Å². The summed E-state index contributed by atoms with van der Waals surface area (Å²) in [4.78, 5) is 23.1. The molecule has 0 fully saturated rings. The van der Waals surface area contributed by atoms with E-state index in [9.17, 15) is 14.7 Å². The number of carbonyl (C=O) groups excluding carboxylic acids is 1. The maximum Gasteiger partial charge on any atom is 0.315 e. The molecule has 0 bridgehead atoms. The number of urea groups is 1. The Labute approximate surface area is 114 Å². The van der Waals surface area contributed by atoms with Crippen molar-refractivity contribution in [1.82, 2.24) is 10.6 Å². The number of carbonyl (C=O) groups is 2. The first-order chi connectivity index (χ1) is 9.04. The summed E-state index contributed by atoms with van der Waals surface area (Å²) in [5.41, 5.74) is -0.857. The van der Waals surface area contributed by atoms with Gasteiger partial charge in [0.25, 0.3) is 0 Å². The monoisotopic (exact) mass is 268 g/mol. The van der Waals surface area contributed by atoms with Gasteiger partial charge in [0.15, 0.2) is 0 Å². The van der Waals surface area contributed by atoms with E-state index in [4.69, 9.17) is 0 Å². The molecule has 3 N–H and O–H groups in total. The van der Waals surface area contributed by atoms with Gasteiger partial charge in [-0.05, 0) is 32.1 Å². The number of aliphatic carboxylic acids is 1. The van der Waals surface area contributed by atoms with E-state index in [-0.39, 0.29) is 18.6 Å². The van der Waals surface area contributed by atoms with Gasteiger partial charge >= 0.3 is 12.0 Å². The van der Waals surface area contributed by atoms with Crippen LogP contribution in [-0.2, 0) is 4.79 Å². The first-order valence-electron chi connectivity index (χ1n) is 6.97. The molecule has 0 radical (unpaired) electrons. The molecule has 1 unspecified atom stereocenters. The first-order valence-corrected chi connectivity index (χ1v) is 6.97. The zero-order chi connectivity index (χ0) is 14.3. The molecule has 0 saturated carbocycles. The van der Waals surface area contributed by atoms with Crippen molar-refractivity contribution >= 4 is 12.0 Å². The highest BCUT2D eigenvalue weighted by molar-refractivity contribution is 5.78. The minimum absolute atomic E-state index is 0.160. The fourth-order valence-corrected chi connectivity index (χ4v) is 2.29. The van der Waals surface area contributed by atoms with E-state index >= 15 is 0 Å². The predicted molar refractivity (Wildman–Crippen MR) is 74.0 cm³/mol. The number of allylic oxidation sites excluding steroid dienone is 1. The van der Waals surface area contributed by atoms with Gasteiger partial charge in [-0.3, -0.25) is 4.79 Å². The average Bonchev–Trinajstić information content (AvgIpc) is 2.41. The fourth-order valence-electron chi connectivity index (χ4n) is 2.29. The Balaban J connectivity index is 2.43. The number of carboxylic acid groups (broad SMARTS) is 1. The van der Waals surface area contributed by atoms with Gasteiger partial charge in [0, 0.05) is 12.6 Å². The SMILES string of the molecule is CCC(CC)(CNC(=O)NC1CC=CCC1)C(=O)O. The van der Waals surface area contributed by atoms with Crippen molar-refractivity contribution in [2.24, 2.45) is 5.41 Å². The van der Waals surface area contributed by atoms with Gasteiger partial charge in [0.05, 0.1) is 5.41 Å². The third-order valence-electron chi connectivity index (χ3n) is 4.00. The second-order valence-electron chi connectivity index (χ2n) is 5.10. The quantitative estimate of drug-likeness (QED) is 0.647. The molecule has 5 heteroatoms. The van der Waals surface area contributed by atoms with E-state index < -0.39 is 11.4 Å². The highest BCUT2D eigenvalue weighted by Crippen LogP contribution is 2.25. The van der Waals surface area contributed by atoms with Crippen LogP contribution in [0.2, 0.25) is 0 Å². The molecule has 0 aromatic heterocycles. The summed E-state index contributed by atoms with van der Waals surface area (Å²) in [6.07, 6.45) is 7.95. The van der Waals surface area contributed by atoms with Crippen LogP contribution in [0.5, 0.6) is 0 Å². The van der Waals surface area contributed by atoms with Crippen LogP contribution in [-0.4, -0.2) is 29.7 Å². The van der Waals surface area contributed by atoms with Crippen LogP contribution >= 0.6 is 0 Å². The molecular weight excluding hydrogens is 244 g/mol. The molecule has 1 atom stereocenters. The second kappa shape index (κ2) is 7.16. The van der Waals surface area contributed by atoms with Crippen molar-refractivity contribution < 1.29 is 14.7 Å². The topological polar surface area (TPSA) is 78.4 Å². The van der Waals surface area contributed by atoms with Gasteiger partial charge in [-0.25, -0.2) is 4.79 Å². The smallest absolute Gasteiger partial charge is 0.315 e. The van der Waals surface area contributed by atoms with Crippen LogP contribution in [0.3, 0.4) is 0 Å². The lowest BCUT2D eigenvalue weighted by Crippen LogP contribution is -2.48. The number of hydrogen-bond donors (Lipinski definition) is 3. The Morgan fingerprint density at radius 3 is 2.47 bits per heavy atom. The lowest BCUT2D eigenvalue weighted by Gasteiger charge is -2.27. The number of carboxylic acids is 1. The summed E-state index contributed by atoms with van der Waals surface area (Å²) in [5, 5.41) is 14.9. The van der Waals surface area contributed by atoms with E-state index in [1.54, 1.807) is 0 Å². The van der Waals surface area contributed by atoms with Crippen LogP contribution in [0, 0.1) is 5.41 Å². The van der Waals surface area contributed by atoms with E-state index in [0.717, 1.165) is 19.3 Å². The zero-order valence-electron chi connectivity index (χ0n) is 11.7. The number of nitrogens with one attached hydrogen (secondary N) is 2. The predicted octanol–water partition coefficient (Wildman–Crippen LogP) is 2.29. The highest BCUT2D eigenvalue weighted by atomic mass is 16.4. The van der Waals surface area contributed by atoms with Crippen molar-refractivity contribution in [3.63, 3.8) is 0 Å². The molecule has 2 amide bonds. The molecule has 5 nitrogen and oxygen atoms in total. The van der Waals surface area contributed by atoms with Crippen LogP contribution in [0.4, 0.5) is 4.79 Å². The lowest BCUT2D eigenvalue weighted by molar-refractivity contribution is -0.149. The van der Waals surface area contributed by atoms with E-state index in [1.807, 2.05) is 13.8 Å². The fraction of sp³-hybridized carbons (Fsp3) is 0.714. The number of hydrogen-bond acceptors (Lipinski definition) is 2. The van der Waals surface area contributed by atoms with E-state index in [0.29, 0.717) is 12.8 Å². The highest BCUT2D eigenvalue weighted by Gasteiger charge is 2.35. The summed E-state index contributed by atoms with van der Waals surface area (Å²) >= 11 is 0. The molecule has 0 aliphatic heterocycles. The molecule has 19 heavy (non-hydrogen) atoms. The normalized spacial score (nSPS) is 18.9. The Hall–Kier alpha value is -1.52. The van der Waals surface area contributed by atoms with Gasteiger partial charge < -0.3 is 15.7 Å². The van der Waals surface area contributed by atoms with Crippen LogP contribution in [0.25, 0.3) is 0 Å². The maximum atomic E-state index is 11.8. The standard InChI is InChI=1S/C14H24N2O3/c1-3-14(4-2,12(17)18)10-15-13(19)16-11-8-6-5-7-9-11/h5-6,11H,3-4,7-10H2,1-2H3,(H,17,18)(H2,15,16,19). The first kappa shape index (κ1) is 15.5. The van der Waals surface area contributed by atoms with Gasteiger partial charge in [-0.15, -0.1) is 0 Å². The number of rotatable bonds is 6. The van der Waals surface area contributed by atoms with Crippen molar-refractivity contribution in [2.45, 2.75) is 52.0 Å². The summed E-state index contributed by atoms with van der Waals surface area (Å²) in [7, 11) is 0. The summed E-state index contributed by atoms with van der Waals surface area (Å²) in [6.45, 7) is 3.84. The lowest BCUT2D eigenvalue weighted by atomic mass is 9.82. The van der Waals surface area contributed by atoms with Gasteiger partial charge in [0.1, 0.15) is 0 Å². The van der Waals surface area contributed by atoms with Crippen LogP contribution in [0.1, 0.15) is 46.0 Å². The Kier molecular flexibility index (Phi) is 5.86. The zero-order valence-corrected chi connectivity index (χ0v) is 11.7. The molecular formula is C14H24N2O3. The third-order valence-corrected chi connectivity index (χ3v) is 4.00. The minimum Gasteiger partial charge on any atom is -0.481 e. The van der Waals surface area contributed by atoms with Crippen molar-refractivity contribution in [3.8, 4) is 0 Å². The van der Waals surface area contributed by atoms with Crippen molar-refractivity contribution in [1.29, 1.82) is 0 Å². The molecule has 0 aromatic rings. The molecule has 0 saturated heterocycles. The summed E-state index contributed by atoms with van der Waals surface area (Å²) < 4.78 is 0. The Morgan fingerprint density at radius 2 is 2.00 bits per heavy atom. The number of amides is 2. The molecule has 1 aliphatic carbocycles. The van der Waals surface area contributed by atoms with Gasteiger partial charge in [-0.1, -0.05) is 26.0 Å². The van der Waals surface area contributed by atoms with Gasteiger partial charge in [0.2, 0.25) is 0 Å². The Bertz CT molecular complexity index is 349. The minimum atomic E-state index is -0.857. The van der Waals surface area contributed by atoms with E-state index in [1.165, 1.54) is 0 Å². The molecule has 108 valence electrons. The molecule has 0 aromatic carbocycles. The third kappa shape index (κ3) is 4.26.